The molecule has 0 amide bonds. The van der Waals surface area contributed by atoms with Crippen LogP contribution in [0.25, 0.3) is 0 Å². The fourth-order valence-electron chi connectivity index (χ4n) is 3.11. The van der Waals surface area contributed by atoms with Crippen molar-refractivity contribution in [2.24, 2.45) is 11.8 Å². The summed E-state index contributed by atoms with van der Waals surface area (Å²) in [6, 6.07) is 0. The lowest BCUT2D eigenvalue weighted by atomic mass is 9.83. The average molecular weight is 212 g/mol. The highest BCUT2D eigenvalue weighted by molar-refractivity contribution is 4.82. The maximum atomic E-state index is 10.1. The fourth-order valence-corrected chi connectivity index (χ4v) is 3.11. The lowest BCUT2D eigenvalue weighted by Gasteiger charge is -2.28. The Hall–Kier alpha value is -0.0800. The lowest BCUT2D eigenvalue weighted by Crippen LogP contribution is -2.32. The van der Waals surface area contributed by atoms with Crippen molar-refractivity contribution in [2.75, 3.05) is 6.61 Å². The van der Waals surface area contributed by atoms with Gasteiger partial charge in [0, 0.05) is 6.61 Å². The number of hydrogen-bond acceptors (Lipinski definition) is 2. The second-order valence-electron chi connectivity index (χ2n) is 5.41. The molecule has 1 aliphatic carbocycles. The van der Waals surface area contributed by atoms with E-state index in [-0.39, 0.29) is 12.2 Å². The minimum atomic E-state index is -0.217. The highest BCUT2D eigenvalue weighted by Crippen LogP contribution is 2.31. The summed E-state index contributed by atoms with van der Waals surface area (Å²) in [5.41, 5.74) is 0. The molecular weight excluding hydrogens is 188 g/mol. The Morgan fingerprint density at radius 2 is 1.93 bits per heavy atom. The molecule has 2 rings (SSSR count). The second-order valence-corrected chi connectivity index (χ2v) is 5.41. The van der Waals surface area contributed by atoms with E-state index in [9.17, 15) is 5.11 Å². The van der Waals surface area contributed by atoms with Crippen LogP contribution in [0.5, 0.6) is 0 Å². The summed E-state index contributed by atoms with van der Waals surface area (Å²) in [6.07, 6.45) is 8.73. The van der Waals surface area contributed by atoms with E-state index in [0.29, 0.717) is 5.92 Å². The molecule has 3 unspecified atom stereocenters. The SMILES string of the molecule is CC1CCOC1C(O)CC1CCCCC1. The molecule has 15 heavy (non-hydrogen) atoms. The van der Waals surface area contributed by atoms with Crippen molar-refractivity contribution in [1.82, 2.24) is 0 Å². The van der Waals surface area contributed by atoms with Crippen LogP contribution in [0.15, 0.2) is 0 Å². The van der Waals surface area contributed by atoms with Gasteiger partial charge in [-0.1, -0.05) is 39.0 Å². The summed E-state index contributed by atoms with van der Waals surface area (Å²) in [6.45, 7) is 3.04. The quantitative estimate of drug-likeness (QED) is 0.779. The molecule has 1 aliphatic heterocycles. The van der Waals surface area contributed by atoms with Gasteiger partial charge in [0.2, 0.25) is 0 Å². The van der Waals surface area contributed by atoms with E-state index in [0.717, 1.165) is 25.4 Å². The van der Waals surface area contributed by atoms with Crippen LogP contribution in [0.4, 0.5) is 0 Å². The Morgan fingerprint density at radius 1 is 1.20 bits per heavy atom. The maximum Gasteiger partial charge on any atom is 0.0860 e. The Morgan fingerprint density at radius 3 is 2.53 bits per heavy atom. The monoisotopic (exact) mass is 212 g/mol. The van der Waals surface area contributed by atoms with Crippen molar-refractivity contribution in [3.05, 3.63) is 0 Å². The molecule has 1 saturated heterocycles. The number of hydrogen-bond donors (Lipinski definition) is 1. The molecule has 0 aromatic heterocycles. The third kappa shape index (κ3) is 2.94. The molecule has 1 heterocycles. The fraction of sp³-hybridized carbons (Fsp3) is 1.00. The van der Waals surface area contributed by atoms with E-state index >= 15 is 0 Å². The maximum absolute atomic E-state index is 10.1. The van der Waals surface area contributed by atoms with Crippen LogP contribution in [0.3, 0.4) is 0 Å². The second kappa shape index (κ2) is 5.31. The van der Waals surface area contributed by atoms with E-state index < -0.39 is 0 Å². The number of rotatable bonds is 3. The summed E-state index contributed by atoms with van der Waals surface area (Å²) in [5.74, 6) is 1.30. The highest BCUT2D eigenvalue weighted by Gasteiger charge is 2.32. The number of aliphatic hydroxyl groups is 1. The topological polar surface area (TPSA) is 29.5 Å². The molecule has 2 nitrogen and oxygen atoms in total. The van der Waals surface area contributed by atoms with Crippen LogP contribution >= 0.6 is 0 Å². The molecule has 2 aliphatic rings. The van der Waals surface area contributed by atoms with E-state index in [1.54, 1.807) is 0 Å². The number of ether oxygens (including phenoxy) is 1. The van der Waals surface area contributed by atoms with Gasteiger partial charge in [-0.25, -0.2) is 0 Å². The van der Waals surface area contributed by atoms with Gasteiger partial charge in [-0.2, -0.15) is 0 Å². The van der Waals surface area contributed by atoms with Gasteiger partial charge in [-0.15, -0.1) is 0 Å². The van der Waals surface area contributed by atoms with Gasteiger partial charge in [-0.3, -0.25) is 0 Å². The van der Waals surface area contributed by atoms with Gasteiger partial charge in [-0.05, 0) is 24.7 Å². The molecule has 0 radical (unpaired) electrons. The molecule has 88 valence electrons. The van der Waals surface area contributed by atoms with Gasteiger partial charge in [0.25, 0.3) is 0 Å². The van der Waals surface area contributed by atoms with Crippen LogP contribution in [-0.4, -0.2) is 23.9 Å². The van der Waals surface area contributed by atoms with Crippen molar-refractivity contribution in [3.8, 4) is 0 Å². The Bertz CT molecular complexity index is 187. The number of aliphatic hydroxyl groups excluding tert-OH is 1. The van der Waals surface area contributed by atoms with Crippen molar-refractivity contribution >= 4 is 0 Å². The molecule has 0 spiro atoms. The first-order valence-electron chi connectivity index (χ1n) is 6.57. The lowest BCUT2D eigenvalue weighted by molar-refractivity contribution is -0.0294. The normalized spacial score (nSPS) is 35.6. The zero-order valence-corrected chi connectivity index (χ0v) is 9.82. The molecule has 1 saturated carbocycles. The smallest absolute Gasteiger partial charge is 0.0860 e. The molecule has 0 bridgehead atoms. The first-order valence-corrected chi connectivity index (χ1v) is 6.57. The van der Waals surface area contributed by atoms with Gasteiger partial charge >= 0.3 is 0 Å². The summed E-state index contributed by atoms with van der Waals surface area (Å²) < 4.78 is 5.62. The van der Waals surface area contributed by atoms with Crippen LogP contribution in [-0.2, 0) is 4.74 Å². The van der Waals surface area contributed by atoms with Gasteiger partial charge in [0.05, 0.1) is 12.2 Å². The van der Waals surface area contributed by atoms with Gasteiger partial charge < -0.3 is 9.84 Å². The molecular formula is C13H24O2. The minimum Gasteiger partial charge on any atom is -0.390 e. The van der Waals surface area contributed by atoms with Crippen molar-refractivity contribution < 1.29 is 9.84 Å². The van der Waals surface area contributed by atoms with Gasteiger partial charge in [0.1, 0.15) is 0 Å². The largest absolute Gasteiger partial charge is 0.390 e. The first-order chi connectivity index (χ1) is 7.27. The van der Waals surface area contributed by atoms with Gasteiger partial charge in [0.15, 0.2) is 0 Å². The molecule has 2 heteroatoms. The summed E-state index contributed by atoms with van der Waals surface area (Å²) in [5, 5.41) is 10.1. The Balaban J connectivity index is 1.77. The third-order valence-corrected chi connectivity index (χ3v) is 4.12. The predicted octanol–water partition coefficient (Wildman–Crippen LogP) is 2.74. The van der Waals surface area contributed by atoms with Crippen molar-refractivity contribution in [3.63, 3.8) is 0 Å². The van der Waals surface area contributed by atoms with E-state index in [4.69, 9.17) is 4.74 Å². The molecule has 0 aromatic carbocycles. The summed E-state index contributed by atoms with van der Waals surface area (Å²) >= 11 is 0. The van der Waals surface area contributed by atoms with E-state index in [2.05, 4.69) is 6.92 Å². The highest BCUT2D eigenvalue weighted by atomic mass is 16.5. The molecule has 3 atom stereocenters. The summed E-state index contributed by atoms with van der Waals surface area (Å²) in [7, 11) is 0. The van der Waals surface area contributed by atoms with E-state index in [1.165, 1.54) is 32.1 Å². The van der Waals surface area contributed by atoms with Crippen LogP contribution in [0, 0.1) is 11.8 Å². The molecule has 1 N–H and O–H groups in total. The van der Waals surface area contributed by atoms with Crippen LogP contribution in [0.1, 0.15) is 51.9 Å². The van der Waals surface area contributed by atoms with Crippen molar-refractivity contribution in [2.45, 2.75) is 64.1 Å². The van der Waals surface area contributed by atoms with Crippen molar-refractivity contribution in [1.29, 1.82) is 0 Å². The third-order valence-electron chi connectivity index (χ3n) is 4.12. The summed E-state index contributed by atoms with van der Waals surface area (Å²) in [4.78, 5) is 0. The minimum absolute atomic E-state index is 0.118. The zero-order valence-electron chi connectivity index (χ0n) is 9.82. The predicted molar refractivity (Wildman–Crippen MR) is 60.7 cm³/mol. The van der Waals surface area contributed by atoms with E-state index in [1.807, 2.05) is 0 Å². The molecule has 2 fully saturated rings. The Kier molecular flexibility index (Phi) is 4.04. The standard InChI is InChI=1S/C13H24O2/c1-10-7-8-15-13(10)12(14)9-11-5-3-2-4-6-11/h10-14H,2-9H2,1H3. The Labute approximate surface area is 93.0 Å². The first kappa shape index (κ1) is 11.4. The van der Waals surface area contributed by atoms with Crippen LogP contribution < -0.4 is 0 Å². The van der Waals surface area contributed by atoms with Crippen LogP contribution in [0.2, 0.25) is 0 Å². The average Bonchev–Trinajstić information content (AvgIpc) is 2.66. The zero-order chi connectivity index (χ0) is 10.7. The molecule has 0 aromatic rings.